The number of nitrogens with two attached hydrogens (primary N) is 1. The minimum atomic E-state index is -0.307. The molecule has 2 aliphatic rings. The van der Waals surface area contributed by atoms with Gasteiger partial charge in [-0.1, -0.05) is 12.8 Å². The Bertz CT molecular complexity index is 329. The van der Waals surface area contributed by atoms with Gasteiger partial charge in [-0.3, -0.25) is 9.59 Å². The normalized spacial score (nSPS) is 23.2. The molecule has 1 heterocycles. The van der Waals surface area contributed by atoms with E-state index in [9.17, 15) is 9.59 Å². The summed E-state index contributed by atoms with van der Waals surface area (Å²) in [5.74, 6) is 0.308. The molecule has 0 aromatic heterocycles. The number of hydrogen-bond acceptors (Lipinski definition) is 3. The molecule has 2 N–H and O–H groups in total. The second-order valence-electron chi connectivity index (χ2n) is 5.49. The van der Waals surface area contributed by atoms with Crippen LogP contribution in [0.3, 0.4) is 0 Å². The molecule has 1 saturated carbocycles. The maximum atomic E-state index is 12.6. The molecule has 0 unspecified atom stereocenters. The Morgan fingerprint density at radius 3 is 2.00 bits per heavy atom. The van der Waals surface area contributed by atoms with Crippen LogP contribution in [0.1, 0.15) is 32.6 Å². The van der Waals surface area contributed by atoms with Gasteiger partial charge in [0.15, 0.2) is 0 Å². The molecule has 1 aliphatic carbocycles. The number of carbonyl (C=O) groups excluding carboxylic acids is 2. The third-order valence-electron chi connectivity index (χ3n) is 4.42. The van der Waals surface area contributed by atoms with Crippen molar-refractivity contribution in [1.82, 2.24) is 9.80 Å². The van der Waals surface area contributed by atoms with E-state index in [1.165, 1.54) is 0 Å². The zero-order valence-corrected chi connectivity index (χ0v) is 11.2. The predicted octanol–water partition coefficient (Wildman–Crippen LogP) is 0.196. The summed E-state index contributed by atoms with van der Waals surface area (Å²) in [5.41, 5.74) is 5.53. The van der Waals surface area contributed by atoms with Crippen molar-refractivity contribution in [3.63, 3.8) is 0 Å². The van der Waals surface area contributed by atoms with Crippen LogP contribution in [0.5, 0.6) is 0 Å². The first kappa shape index (κ1) is 13.3. The third-order valence-corrected chi connectivity index (χ3v) is 4.42. The van der Waals surface area contributed by atoms with Crippen LogP contribution < -0.4 is 5.73 Å². The Kier molecular flexibility index (Phi) is 3.90. The van der Waals surface area contributed by atoms with Gasteiger partial charge >= 0.3 is 0 Å². The molecule has 1 saturated heterocycles. The van der Waals surface area contributed by atoms with Gasteiger partial charge in [0, 0.05) is 39.6 Å². The number of piperazine rings is 1. The molecule has 1 aliphatic heterocycles. The minimum absolute atomic E-state index is 0.0940. The highest BCUT2D eigenvalue weighted by atomic mass is 16.2. The second kappa shape index (κ2) is 5.26. The van der Waals surface area contributed by atoms with Crippen LogP contribution in [0.25, 0.3) is 0 Å². The van der Waals surface area contributed by atoms with Gasteiger partial charge in [0.2, 0.25) is 11.8 Å². The molecule has 5 heteroatoms. The molecule has 2 rings (SSSR count). The fraction of sp³-hybridized carbons (Fsp3) is 0.846. The van der Waals surface area contributed by atoms with E-state index in [1.54, 1.807) is 11.8 Å². The Balaban J connectivity index is 1.96. The standard InChI is InChI=1S/C13H23N3O2/c1-11(17)15-6-8-16(9-7-15)12(18)13(10-14)4-2-3-5-13/h2-10,14H2,1H3. The van der Waals surface area contributed by atoms with Crippen LogP contribution in [0.15, 0.2) is 0 Å². The van der Waals surface area contributed by atoms with Crippen molar-refractivity contribution >= 4 is 11.8 Å². The van der Waals surface area contributed by atoms with Crippen molar-refractivity contribution in [3.05, 3.63) is 0 Å². The largest absolute Gasteiger partial charge is 0.339 e. The lowest BCUT2D eigenvalue weighted by molar-refractivity contribution is -0.146. The van der Waals surface area contributed by atoms with Crippen molar-refractivity contribution in [2.45, 2.75) is 32.6 Å². The predicted molar refractivity (Wildman–Crippen MR) is 68.8 cm³/mol. The molecule has 102 valence electrons. The molecule has 0 aromatic rings. The van der Waals surface area contributed by atoms with Crippen molar-refractivity contribution in [2.75, 3.05) is 32.7 Å². The van der Waals surface area contributed by atoms with Crippen LogP contribution in [-0.4, -0.2) is 54.3 Å². The van der Waals surface area contributed by atoms with E-state index in [-0.39, 0.29) is 17.2 Å². The Morgan fingerprint density at radius 1 is 1.06 bits per heavy atom. The average Bonchev–Trinajstić information content (AvgIpc) is 2.88. The summed E-state index contributed by atoms with van der Waals surface area (Å²) < 4.78 is 0. The number of rotatable bonds is 2. The minimum Gasteiger partial charge on any atom is -0.339 e. The number of hydrogen-bond donors (Lipinski definition) is 1. The van der Waals surface area contributed by atoms with E-state index < -0.39 is 0 Å². The first-order valence-electron chi connectivity index (χ1n) is 6.84. The Morgan fingerprint density at radius 2 is 1.56 bits per heavy atom. The topological polar surface area (TPSA) is 66.6 Å². The summed E-state index contributed by atoms with van der Waals surface area (Å²) in [6.07, 6.45) is 4.07. The summed E-state index contributed by atoms with van der Waals surface area (Å²) in [6, 6.07) is 0. The highest BCUT2D eigenvalue weighted by molar-refractivity contribution is 5.83. The van der Waals surface area contributed by atoms with Crippen LogP contribution in [0.2, 0.25) is 0 Å². The van der Waals surface area contributed by atoms with Gasteiger partial charge in [0.05, 0.1) is 5.41 Å². The van der Waals surface area contributed by atoms with E-state index in [0.29, 0.717) is 32.7 Å². The zero-order chi connectivity index (χ0) is 13.2. The second-order valence-corrected chi connectivity index (χ2v) is 5.49. The molecule has 0 aromatic carbocycles. The van der Waals surface area contributed by atoms with E-state index in [4.69, 9.17) is 5.73 Å². The molecule has 0 bridgehead atoms. The molecule has 0 radical (unpaired) electrons. The molecular weight excluding hydrogens is 230 g/mol. The van der Waals surface area contributed by atoms with E-state index in [0.717, 1.165) is 25.7 Å². The molecule has 0 atom stereocenters. The van der Waals surface area contributed by atoms with Gasteiger partial charge in [0.25, 0.3) is 0 Å². The van der Waals surface area contributed by atoms with Gasteiger partial charge in [-0.2, -0.15) is 0 Å². The van der Waals surface area contributed by atoms with E-state index in [2.05, 4.69) is 0 Å². The van der Waals surface area contributed by atoms with Crippen LogP contribution in [0.4, 0.5) is 0 Å². The highest BCUT2D eigenvalue weighted by Crippen LogP contribution is 2.38. The third kappa shape index (κ3) is 2.36. The average molecular weight is 253 g/mol. The van der Waals surface area contributed by atoms with Gasteiger partial charge in [-0.05, 0) is 12.8 Å². The first-order valence-corrected chi connectivity index (χ1v) is 6.84. The quantitative estimate of drug-likeness (QED) is 0.764. The fourth-order valence-electron chi connectivity index (χ4n) is 3.12. The van der Waals surface area contributed by atoms with E-state index in [1.807, 2.05) is 4.90 Å². The molecule has 0 spiro atoms. The number of nitrogens with zero attached hydrogens (tertiary/aromatic N) is 2. The molecular formula is C13H23N3O2. The number of carbonyl (C=O) groups is 2. The van der Waals surface area contributed by atoms with Crippen LogP contribution in [0, 0.1) is 5.41 Å². The lowest BCUT2D eigenvalue weighted by Crippen LogP contribution is -2.55. The van der Waals surface area contributed by atoms with Gasteiger partial charge < -0.3 is 15.5 Å². The van der Waals surface area contributed by atoms with Gasteiger partial charge in [-0.15, -0.1) is 0 Å². The maximum Gasteiger partial charge on any atom is 0.230 e. The Labute approximate surface area is 108 Å². The van der Waals surface area contributed by atoms with Crippen molar-refractivity contribution in [2.24, 2.45) is 11.1 Å². The van der Waals surface area contributed by atoms with Crippen molar-refractivity contribution in [3.8, 4) is 0 Å². The lowest BCUT2D eigenvalue weighted by atomic mass is 9.84. The molecule has 5 nitrogen and oxygen atoms in total. The monoisotopic (exact) mass is 253 g/mol. The van der Waals surface area contributed by atoms with E-state index >= 15 is 0 Å². The summed E-state index contributed by atoms with van der Waals surface area (Å²) in [7, 11) is 0. The molecule has 18 heavy (non-hydrogen) atoms. The first-order chi connectivity index (χ1) is 8.59. The molecule has 2 fully saturated rings. The lowest BCUT2D eigenvalue weighted by Gasteiger charge is -2.39. The van der Waals surface area contributed by atoms with Crippen molar-refractivity contribution < 1.29 is 9.59 Å². The smallest absolute Gasteiger partial charge is 0.230 e. The Hall–Kier alpha value is -1.10. The van der Waals surface area contributed by atoms with Crippen LogP contribution in [-0.2, 0) is 9.59 Å². The van der Waals surface area contributed by atoms with Crippen molar-refractivity contribution in [1.29, 1.82) is 0 Å². The summed E-state index contributed by atoms with van der Waals surface area (Å²) in [6.45, 7) is 4.65. The zero-order valence-electron chi connectivity index (χ0n) is 11.2. The number of amides is 2. The molecule has 2 amide bonds. The highest BCUT2D eigenvalue weighted by Gasteiger charge is 2.42. The van der Waals surface area contributed by atoms with Crippen LogP contribution >= 0.6 is 0 Å². The van der Waals surface area contributed by atoms with Gasteiger partial charge in [0.1, 0.15) is 0 Å². The SMILES string of the molecule is CC(=O)N1CCN(C(=O)C2(CN)CCCC2)CC1. The summed E-state index contributed by atoms with van der Waals surface area (Å²) in [4.78, 5) is 27.5. The fourth-order valence-corrected chi connectivity index (χ4v) is 3.12. The summed E-state index contributed by atoms with van der Waals surface area (Å²) in [5, 5.41) is 0. The van der Waals surface area contributed by atoms with Gasteiger partial charge in [-0.25, -0.2) is 0 Å². The maximum absolute atomic E-state index is 12.6. The summed E-state index contributed by atoms with van der Waals surface area (Å²) >= 11 is 0.